The van der Waals surface area contributed by atoms with Crippen molar-refractivity contribution in [2.24, 2.45) is 4.99 Å². The van der Waals surface area contributed by atoms with E-state index in [0.29, 0.717) is 27.7 Å². The Hall–Kier alpha value is -2.86. The monoisotopic (exact) mass is 528 g/mol. The zero-order valence-electron chi connectivity index (χ0n) is 19.4. The number of hydrogen-bond acceptors (Lipinski definition) is 4. The quantitative estimate of drug-likeness (QED) is 0.341. The van der Waals surface area contributed by atoms with Gasteiger partial charge in [-0.2, -0.15) is 0 Å². The number of ether oxygens (including phenoxy) is 1. The predicted molar refractivity (Wildman–Crippen MR) is 142 cm³/mol. The average Bonchev–Trinajstić information content (AvgIpc) is 2.77. The van der Waals surface area contributed by atoms with Gasteiger partial charge in [0.15, 0.2) is 5.78 Å². The van der Waals surface area contributed by atoms with Gasteiger partial charge in [-0.05, 0) is 62.2 Å². The smallest absolute Gasteiger partial charge is 0.258 e. The second kappa shape index (κ2) is 10.0. The summed E-state index contributed by atoms with van der Waals surface area (Å²) < 4.78 is 5.38. The van der Waals surface area contributed by atoms with Crippen LogP contribution in [0.1, 0.15) is 52.1 Å². The number of carbonyl (C=O) groups is 2. The highest BCUT2D eigenvalue weighted by atomic mass is 35.5. The number of amides is 1. The summed E-state index contributed by atoms with van der Waals surface area (Å²) in [5.74, 6) is 0.0994. The van der Waals surface area contributed by atoms with Gasteiger partial charge in [0, 0.05) is 21.8 Å². The van der Waals surface area contributed by atoms with Crippen molar-refractivity contribution in [2.45, 2.75) is 32.2 Å². The fourth-order valence-corrected chi connectivity index (χ4v) is 5.14. The third-order valence-corrected chi connectivity index (χ3v) is 6.51. The Morgan fingerprint density at radius 1 is 1.03 bits per heavy atom. The summed E-state index contributed by atoms with van der Waals surface area (Å²) in [6, 6.07) is 15.5. The third kappa shape index (κ3) is 5.69. The number of rotatable bonds is 6. The van der Waals surface area contributed by atoms with Crippen molar-refractivity contribution in [3.8, 4) is 5.75 Å². The summed E-state index contributed by atoms with van der Waals surface area (Å²) >= 11 is 18.3. The van der Waals surface area contributed by atoms with Gasteiger partial charge in [0.25, 0.3) is 5.91 Å². The van der Waals surface area contributed by atoms with E-state index in [1.807, 2.05) is 32.0 Å². The molecule has 3 aromatic carbocycles. The van der Waals surface area contributed by atoms with Crippen molar-refractivity contribution in [3.05, 3.63) is 91.9 Å². The van der Waals surface area contributed by atoms with E-state index in [-0.39, 0.29) is 33.4 Å². The number of ketones is 1. The van der Waals surface area contributed by atoms with Crippen LogP contribution in [0.3, 0.4) is 0 Å². The van der Waals surface area contributed by atoms with Crippen molar-refractivity contribution in [1.82, 2.24) is 0 Å². The maximum absolute atomic E-state index is 13.3. The molecule has 1 aliphatic rings. The Morgan fingerprint density at radius 2 is 1.74 bits per heavy atom. The molecule has 0 saturated heterocycles. The molecule has 0 aliphatic carbocycles. The SMILES string of the molecule is COc1ccc2c(c1)C(CC(=O)c1cccc(NC(=O)c3c(Cl)cc(Cl)cc3Cl)c1)=NC(C)(C)C2. The van der Waals surface area contributed by atoms with Crippen LogP contribution in [0.15, 0.2) is 59.6 Å². The van der Waals surface area contributed by atoms with Gasteiger partial charge in [-0.25, -0.2) is 0 Å². The molecular formula is C27H23Cl3N2O3. The molecule has 1 aliphatic heterocycles. The number of methoxy groups -OCH3 is 1. The van der Waals surface area contributed by atoms with E-state index in [9.17, 15) is 9.59 Å². The Kier molecular flexibility index (Phi) is 7.22. The number of halogens is 3. The predicted octanol–water partition coefficient (Wildman–Crippen LogP) is 7.30. The fourth-order valence-electron chi connectivity index (χ4n) is 4.15. The number of benzene rings is 3. The summed E-state index contributed by atoms with van der Waals surface area (Å²) in [5, 5.41) is 3.36. The maximum Gasteiger partial charge on any atom is 0.258 e. The molecule has 0 spiro atoms. The standard InChI is InChI=1S/C27H23Cl3N2O3/c1-27(2)14-16-7-8-19(35-3)12-20(16)23(32-27)13-24(33)15-5-4-6-18(9-15)31-26(34)25-21(29)10-17(28)11-22(25)30/h4-12H,13-14H2,1-3H3,(H,31,34). The molecule has 0 aromatic heterocycles. The number of fused-ring (bicyclic) bond motifs is 1. The largest absolute Gasteiger partial charge is 0.497 e. The van der Waals surface area contributed by atoms with Crippen LogP contribution < -0.4 is 10.1 Å². The molecule has 8 heteroatoms. The number of anilines is 1. The van der Waals surface area contributed by atoms with E-state index in [4.69, 9.17) is 44.5 Å². The van der Waals surface area contributed by atoms with E-state index in [0.717, 1.165) is 17.5 Å². The molecule has 0 bridgehead atoms. The first-order valence-corrected chi connectivity index (χ1v) is 12.0. The van der Waals surface area contributed by atoms with Crippen LogP contribution in [-0.4, -0.2) is 30.1 Å². The lowest BCUT2D eigenvalue weighted by Gasteiger charge is -2.29. The van der Waals surface area contributed by atoms with Crippen molar-refractivity contribution in [2.75, 3.05) is 12.4 Å². The minimum absolute atomic E-state index is 0.110. The molecule has 3 aromatic rings. The molecule has 0 atom stereocenters. The molecule has 1 amide bonds. The summed E-state index contributed by atoms with van der Waals surface area (Å²) in [6.07, 6.45) is 0.900. The highest BCUT2D eigenvalue weighted by Gasteiger charge is 2.28. The lowest BCUT2D eigenvalue weighted by molar-refractivity contribution is 0.0996. The van der Waals surface area contributed by atoms with Crippen molar-refractivity contribution in [1.29, 1.82) is 0 Å². The molecule has 4 rings (SSSR count). The lowest BCUT2D eigenvalue weighted by Crippen LogP contribution is -2.30. The first kappa shape index (κ1) is 25.2. The average molecular weight is 530 g/mol. The van der Waals surface area contributed by atoms with E-state index in [1.54, 1.807) is 31.4 Å². The summed E-state index contributed by atoms with van der Waals surface area (Å²) in [5.41, 5.74) is 3.46. The van der Waals surface area contributed by atoms with Gasteiger partial charge in [-0.3, -0.25) is 14.6 Å². The normalized spacial score (nSPS) is 14.1. The number of nitrogens with one attached hydrogen (secondary N) is 1. The van der Waals surface area contributed by atoms with Crippen LogP contribution in [-0.2, 0) is 6.42 Å². The zero-order valence-corrected chi connectivity index (χ0v) is 21.7. The highest BCUT2D eigenvalue weighted by molar-refractivity contribution is 6.42. The summed E-state index contributed by atoms with van der Waals surface area (Å²) in [4.78, 5) is 30.9. The summed E-state index contributed by atoms with van der Waals surface area (Å²) in [6.45, 7) is 4.10. The van der Waals surface area contributed by atoms with Crippen molar-refractivity contribution < 1.29 is 14.3 Å². The second-order valence-corrected chi connectivity index (χ2v) is 10.2. The van der Waals surface area contributed by atoms with Gasteiger partial charge in [-0.15, -0.1) is 0 Å². The molecule has 0 unspecified atom stereocenters. The third-order valence-electron chi connectivity index (χ3n) is 5.69. The number of aliphatic imine (C=N–C) groups is 1. The zero-order chi connectivity index (χ0) is 25.3. The molecular weight excluding hydrogens is 507 g/mol. The molecule has 1 N–H and O–H groups in total. The lowest BCUT2D eigenvalue weighted by atomic mass is 9.85. The number of hydrogen-bond donors (Lipinski definition) is 1. The molecule has 0 radical (unpaired) electrons. The Morgan fingerprint density at radius 3 is 2.43 bits per heavy atom. The number of nitrogens with zero attached hydrogens (tertiary/aromatic N) is 1. The molecule has 5 nitrogen and oxygen atoms in total. The Bertz CT molecular complexity index is 1340. The van der Waals surface area contributed by atoms with Gasteiger partial charge >= 0.3 is 0 Å². The minimum atomic E-state index is -0.499. The topological polar surface area (TPSA) is 67.8 Å². The van der Waals surface area contributed by atoms with Gasteiger partial charge in [0.05, 0.1) is 40.4 Å². The first-order valence-electron chi connectivity index (χ1n) is 10.9. The van der Waals surface area contributed by atoms with Crippen LogP contribution in [0.5, 0.6) is 5.75 Å². The van der Waals surface area contributed by atoms with Crippen LogP contribution in [0.25, 0.3) is 0 Å². The fraction of sp³-hybridized carbons (Fsp3) is 0.222. The van der Waals surface area contributed by atoms with Crippen LogP contribution in [0, 0.1) is 0 Å². The summed E-state index contributed by atoms with van der Waals surface area (Å²) in [7, 11) is 1.61. The molecule has 0 saturated carbocycles. The van der Waals surface area contributed by atoms with Gasteiger partial charge in [0.2, 0.25) is 0 Å². The maximum atomic E-state index is 13.3. The number of carbonyl (C=O) groups excluding carboxylic acids is 2. The number of Topliss-reactive ketones (excluding diaryl/α,β-unsaturated/α-hetero) is 1. The second-order valence-electron chi connectivity index (χ2n) is 8.95. The van der Waals surface area contributed by atoms with Crippen LogP contribution in [0.2, 0.25) is 15.1 Å². The van der Waals surface area contributed by atoms with Crippen LogP contribution in [0.4, 0.5) is 5.69 Å². The van der Waals surface area contributed by atoms with Crippen molar-refractivity contribution >= 4 is 57.9 Å². The molecule has 0 fully saturated rings. The molecule has 35 heavy (non-hydrogen) atoms. The highest BCUT2D eigenvalue weighted by Crippen LogP contribution is 2.32. The van der Waals surface area contributed by atoms with E-state index >= 15 is 0 Å². The molecule has 1 heterocycles. The Balaban J connectivity index is 1.57. The van der Waals surface area contributed by atoms with Gasteiger partial charge < -0.3 is 10.1 Å². The van der Waals surface area contributed by atoms with Crippen LogP contribution >= 0.6 is 34.8 Å². The van der Waals surface area contributed by atoms with Crippen molar-refractivity contribution in [3.63, 3.8) is 0 Å². The Labute approximate surface area is 219 Å². The first-order chi connectivity index (χ1) is 16.6. The van der Waals surface area contributed by atoms with E-state index in [2.05, 4.69) is 5.32 Å². The molecule has 180 valence electrons. The van der Waals surface area contributed by atoms with Gasteiger partial charge in [-0.1, -0.05) is 53.0 Å². The minimum Gasteiger partial charge on any atom is -0.497 e. The van der Waals surface area contributed by atoms with E-state index in [1.165, 1.54) is 12.1 Å². The van der Waals surface area contributed by atoms with Gasteiger partial charge in [0.1, 0.15) is 5.75 Å². The van der Waals surface area contributed by atoms with E-state index < -0.39 is 5.91 Å².